The van der Waals surface area contributed by atoms with E-state index < -0.39 is 0 Å². The third-order valence-electron chi connectivity index (χ3n) is 2.08. The van der Waals surface area contributed by atoms with E-state index in [1.807, 2.05) is 12.1 Å². The largest absolute Gasteiger partial charge is 0.469 e. The van der Waals surface area contributed by atoms with Crippen LogP contribution in [-0.2, 0) is 6.42 Å². The molecule has 0 aliphatic rings. The van der Waals surface area contributed by atoms with E-state index in [2.05, 4.69) is 15.3 Å². The second kappa shape index (κ2) is 4.85. The van der Waals surface area contributed by atoms with E-state index in [-0.39, 0.29) is 5.15 Å². The monoisotopic (exact) mass is 238 g/mol. The summed E-state index contributed by atoms with van der Waals surface area (Å²) < 4.78 is 5.20. The fraction of sp³-hybridized carbons (Fsp3) is 0.200. The number of nitrogen functional groups attached to an aromatic ring is 1. The Balaban J connectivity index is 1.92. The Morgan fingerprint density at radius 2 is 2.31 bits per heavy atom. The van der Waals surface area contributed by atoms with Gasteiger partial charge in [-0.3, -0.25) is 0 Å². The summed E-state index contributed by atoms with van der Waals surface area (Å²) in [5.41, 5.74) is 6.06. The summed E-state index contributed by atoms with van der Waals surface area (Å²) in [6, 6.07) is 3.77. The van der Waals surface area contributed by atoms with Crippen molar-refractivity contribution in [1.29, 1.82) is 0 Å². The van der Waals surface area contributed by atoms with Gasteiger partial charge in [0.1, 0.15) is 17.8 Å². The van der Waals surface area contributed by atoms with Crippen molar-refractivity contribution >= 4 is 23.1 Å². The number of rotatable bonds is 4. The van der Waals surface area contributed by atoms with Crippen LogP contribution in [0.25, 0.3) is 0 Å². The maximum atomic E-state index is 5.76. The molecule has 3 N–H and O–H groups in total. The summed E-state index contributed by atoms with van der Waals surface area (Å²) in [7, 11) is 0. The topological polar surface area (TPSA) is 77.0 Å². The van der Waals surface area contributed by atoms with Gasteiger partial charge in [0.15, 0.2) is 11.0 Å². The summed E-state index contributed by atoms with van der Waals surface area (Å²) in [6.07, 6.45) is 3.77. The van der Waals surface area contributed by atoms with Crippen molar-refractivity contribution in [3.8, 4) is 0 Å². The molecule has 0 spiro atoms. The van der Waals surface area contributed by atoms with Crippen LogP contribution in [0.2, 0.25) is 5.15 Å². The van der Waals surface area contributed by atoms with E-state index in [9.17, 15) is 0 Å². The van der Waals surface area contributed by atoms with Crippen molar-refractivity contribution in [3.05, 3.63) is 35.6 Å². The lowest BCUT2D eigenvalue weighted by molar-refractivity contribution is 0.513. The molecule has 2 aromatic rings. The molecular formula is C10H11ClN4O. The summed E-state index contributed by atoms with van der Waals surface area (Å²) in [6.45, 7) is 0.672. The van der Waals surface area contributed by atoms with Crippen molar-refractivity contribution in [3.63, 3.8) is 0 Å². The van der Waals surface area contributed by atoms with Crippen LogP contribution in [0, 0.1) is 0 Å². The minimum absolute atomic E-state index is 0.260. The molecule has 2 heterocycles. The zero-order valence-electron chi connectivity index (χ0n) is 8.48. The molecule has 84 valence electrons. The predicted molar refractivity (Wildman–Crippen MR) is 62.4 cm³/mol. The Morgan fingerprint density at radius 3 is 3.06 bits per heavy atom. The first-order chi connectivity index (χ1) is 7.77. The first kappa shape index (κ1) is 10.8. The summed E-state index contributed by atoms with van der Waals surface area (Å²) in [4.78, 5) is 7.76. The van der Waals surface area contributed by atoms with E-state index in [0.717, 1.165) is 12.2 Å². The predicted octanol–water partition coefficient (Wildman–Crippen LogP) is 1.96. The highest BCUT2D eigenvalue weighted by molar-refractivity contribution is 6.32. The zero-order valence-corrected chi connectivity index (χ0v) is 9.24. The molecular weight excluding hydrogens is 228 g/mol. The number of nitrogens with two attached hydrogens (primary N) is 1. The zero-order chi connectivity index (χ0) is 11.4. The highest BCUT2D eigenvalue weighted by Crippen LogP contribution is 2.21. The molecule has 0 aromatic carbocycles. The molecule has 0 aliphatic heterocycles. The number of halogens is 1. The number of hydrogen-bond donors (Lipinski definition) is 2. The van der Waals surface area contributed by atoms with Gasteiger partial charge in [-0.25, -0.2) is 9.97 Å². The van der Waals surface area contributed by atoms with Gasteiger partial charge in [0, 0.05) is 13.0 Å². The molecule has 0 aliphatic carbocycles. The molecule has 16 heavy (non-hydrogen) atoms. The first-order valence-corrected chi connectivity index (χ1v) is 5.17. The van der Waals surface area contributed by atoms with Crippen LogP contribution in [0.1, 0.15) is 5.76 Å². The van der Waals surface area contributed by atoms with Gasteiger partial charge in [-0.2, -0.15) is 0 Å². The fourth-order valence-corrected chi connectivity index (χ4v) is 1.41. The van der Waals surface area contributed by atoms with Gasteiger partial charge in [0.25, 0.3) is 0 Å². The highest BCUT2D eigenvalue weighted by atomic mass is 35.5. The van der Waals surface area contributed by atoms with Gasteiger partial charge in [-0.1, -0.05) is 11.6 Å². The average Bonchev–Trinajstić information content (AvgIpc) is 2.77. The van der Waals surface area contributed by atoms with Crippen LogP contribution in [0.5, 0.6) is 0 Å². The van der Waals surface area contributed by atoms with Gasteiger partial charge < -0.3 is 15.5 Å². The quantitative estimate of drug-likeness (QED) is 0.797. The minimum Gasteiger partial charge on any atom is -0.469 e. The van der Waals surface area contributed by atoms with Gasteiger partial charge in [0.05, 0.1) is 6.26 Å². The molecule has 0 saturated heterocycles. The summed E-state index contributed by atoms with van der Waals surface area (Å²) in [5, 5.41) is 3.33. The minimum atomic E-state index is 0.260. The maximum absolute atomic E-state index is 5.76. The molecule has 0 saturated carbocycles. The van der Waals surface area contributed by atoms with Crippen LogP contribution in [0.15, 0.2) is 29.1 Å². The van der Waals surface area contributed by atoms with Gasteiger partial charge in [-0.05, 0) is 12.1 Å². The first-order valence-electron chi connectivity index (χ1n) is 4.79. The number of anilines is 2. The molecule has 6 heteroatoms. The molecule has 0 bridgehead atoms. The summed E-state index contributed by atoms with van der Waals surface area (Å²) >= 11 is 5.76. The van der Waals surface area contributed by atoms with E-state index in [4.69, 9.17) is 21.8 Å². The Bertz CT molecular complexity index is 458. The van der Waals surface area contributed by atoms with Gasteiger partial charge in [-0.15, -0.1) is 0 Å². The normalized spacial score (nSPS) is 10.3. The van der Waals surface area contributed by atoms with Crippen molar-refractivity contribution in [1.82, 2.24) is 9.97 Å². The Morgan fingerprint density at radius 1 is 1.44 bits per heavy atom. The van der Waals surface area contributed by atoms with Crippen molar-refractivity contribution in [2.45, 2.75) is 6.42 Å². The average molecular weight is 239 g/mol. The molecule has 0 amide bonds. The smallest absolute Gasteiger partial charge is 0.157 e. The van der Waals surface area contributed by atoms with E-state index >= 15 is 0 Å². The molecule has 0 radical (unpaired) electrons. The molecule has 0 unspecified atom stereocenters. The standard InChI is InChI=1S/C10H11ClN4O/c11-9-8(12)10(15-6-14-9)13-4-3-7-2-1-5-16-7/h1-2,5-6H,3-4,12H2,(H,13,14,15). The number of nitrogens with one attached hydrogen (secondary N) is 1. The van der Waals surface area contributed by atoms with Crippen LogP contribution >= 0.6 is 11.6 Å². The molecule has 0 atom stereocenters. The van der Waals surface area contributed by atoms with Crippen LogP contribution in [0.4, 0.5) is 11.5 Å². The number of hydrogen-bond acceptors (Lipinski definition) is 5. The lowest BCUT2D eigenvalue weighted by Gasteiger charge is -2.07. The van der Waals surface area contributed by atoms with Crippen molar-refractivity contribution in [2.75, 3.05) is 17.6 Å². The number of furan rings is 1. The molecule has 5 nitrogen and oxygen atoms in total. The van der Waals surface area contributed by atoms with Crippen molar-refractivity contribution in [2.24, 2.45) is 0 Å². The van der Waals surface area contributed by atoms with Crippen LogP contribution in [-0.4, -0.2) is 16.5 Å². The SMILES string of the molecule is Nc1c(Cl)ncnc1NCCc1ccco1. The summed E-state index contributed by atoms with van der Waals surface area (Å²) in [5.74, 6) is 1.46. The van der Waals surface area contributed by atoms with E-state index in [1.165, 1.54) is 6.33 Å². The molecule has 2 aromatic heterocycles. The van der Waals surface area contributed by atoms with Crippen LogP contribution in [0.3, 0.4) is 0 Å². The highest BCUT2D eigenvalue weighted by Gasteiger charge is 2.05. The second-order valence-corrected chi connectivity index (χ2v) is 3.54. The second-order valence-electron chi connectivity index (χ2n) is 3.18. The van der Waals surface area contributed by atoms with Gasteiger partial charge in [0.2, 0.25) is 0 Å². The number of aromatic nitrogens is 2. The van der Waals surface area contributed by atoms with E-state index in [0.29, 0.717) is 18.1 Å². The molecule has 2 rings (SSSR count). The molecule has 0 fully saturated rings. The van der Waals surface area contributed by atoms with Crippen molar-refractivity contribution < 1.29 is 4.42 Å². The Kier molecular flexibility index (Phi) is 3.26. The third kappa shape index (κ3) is 2.43. The van der Waals surface area contributed by atoms with E-state index in [1.54, 1.807) is 6.26 Å². The Labute approximate surface area is 97.6 Å². The van der Waals surface area contributed by atoms with Gasteiger partial charge >= 0.3 is 0 Å². The fourth-order valence-electron chi connectivity index (χ4n) is 1.27. The maximum Gasteiger partial charge on any atom is 0.157 e. The lowest BCUT2D eigenvalue weighted by Crippen LogP contribution is -2.08. The van der Waals surface area contributed by atoms with Crippen LogP contribution < -0.4 is 11.1 Å². The lowest BCUT2D eigenvalue weighted by atomic mass is 10.3. The third-order valence-corrected chi connectivity index (χ3v) is 2.38. The number of nitrogens with zero attached hydrogens (tertiary/aromatic N) is 2. The Hall–Kier alpha value is -1.75.